The number of H-pyrrole nitrogens is 1. The highest BCUT2D eigenvalue weighted by Crippen LogP contribution is 2.00. The van der Waals surface area contributed by atoms with Crippen molar-refractivity contribution in [1.29, 1.82) is 0 Å². The average Bonchev–Trinajstić information content (AvgIpc) is 2.33. The lowest BCUT2D eigenvalue weighted by Gasteiger charge is -2.26. The third-order valence-electron chi connectivity index (χ3n) is 2.73. The molecule has 17 heavy (non-hydrogen) atoms. The van der Waals surface area contributed by atoms with Crippen LogP contribution in [0.1, 0.15) is 0 Å². The van der Waals surface area contributed by atoms with E-state index in [0.29, 0.717) is 11.0 Å². The number of morpholine rings is 1. The van der Waals surface area contributed by atoms with Crippen LogP contribution in [0.2, 0.25) is 0 Å². The van der Waals surface area contributed by atoms with Crippen LogP contribution in [0.15, 0.2) is 20.3 Å². The highest BCUT2D eigenvalue weighted by atomic mass is 79.9. The number of halogens is 1. The van der Waals surface area contributed by atoms with Gasteiger partial charge < -0.3 is 4.74 Å². The summed E-state index contributed by atoms with van der Waals surface area (Å²) in [4.78, 5) is 27.2. The maximum absolute atomic E-state index is 11.5. The van der Waals surface area contributed by atoms with Crippen LogP contribution in [-0.2, 0) is 11.3 Å². The highest BCUT2D eigenvalue weighted by Gasteiger charge is 2.10. The normalized spacial score (nSPS) is 17.2. The SMILES string of the molecule is O=c1[nH]c(=O)n(CCN2CCOCC2)cc1Br. The van der Waals surface area contributed by atoms with E-state index in [0.717, 1.165) is 32.8 Å². The first-order chi connectivity index (χ1) is 8.16. The lowest BCUT2D eigenvalue weighted by molar-refractivity contribution is 0.0362. The van der Waals surface area contributed by atoms with Gasteiger partial charge in [0.1, 0.15) is 0 Å². The lowest BCUT2D eigenvalue weighted by Crippen LogP contribution is -2.40. The molecule has 0 aliphatic carbocycles. The molecule has 0 saturated carbocycles. The molecular formula is C10H14BrN3O3. The van der Waals surface area contributed by atoms with Crippen LogP contribution in [0, 0.1) is 0 Å². The number of nitrogens with zero attached hydrogens (tertiary/aromatic N) is 2. The zero-order valence-electron chi connectivity index (χ0n) is 9.32. The predicted octanol–water partition coefficient (Wildman–Crippen LogP) is -0.369. The molecule has 2 rings (SSSR count). The van der Waals surface area contributed by atoms with Crippen molar-refractivity contribution >= 4 is 15.9 Å². The van der Waals surface area contributed by atoms with E-state index in [2.05, 4.69) is 25.8 Å². The van der Waals surface area contributed by atoms with Gasteiger partial charge in [-0.15, -0.1) is 0 Å². The van der Waals surface area contributed by atoms with E-state index in [1.807, 2.05) is 0 Å². The molecule has 1 saturated heterocycles. The molecule has 1 N–H and O–H groups in total. The molecule has 6 nitrogen and oxygen atoms in total. The van der Waals surface area contributed by atoms with Crippen LogP contribution in [-0.4, -0.2) is 47.3 Å². The fourth-order valence-electron chi connectivity index (χ4n) is 1.72. The van der Waals surface area contributed by atoms with Gasteiger partial charge in [-0.25, -0.2) is 4.79 Å². The van der Waals surface area contributed by atoms with Crippen molar-refractivity contribution in [3.05, 3.63) is 31.5 Å². The van der Waals surface area contributed by atoms with E-state index in [1.165, 1.54) is 10.8 Å². The number of ether oxygens (including phenoxy) is 1. The van der Waals surface area contributed by atoms with E-state index in [4.69, 9.17) is 4.74 Å². The van der Waals surface area contributed by atoms with Crippen molar-refractivity contribution in [2.24, 2.45) is 0 Å². The van der Waals surface area contributed by atoms with Gasteiger partial charge in [0.15, 0.2) is 0 Å². The van der Waals surface area contributed by atoms with Crippen molar-refractivity contribution in [3.8, 4) is 0 Å². The number of aromatic nitrogens is 2. The topological polar surface area (TPSA) is 67.3 Å². The molecule has 0 aromatic carbocycles. The molecule has 0 amide bonds. The minimum absolute atomic E-state index is 0.369. The fraction of sp³-hybridized carbons (Fsp3) is 0.600. The summed E-state index contributed by atoms with van der Waals surface area (Å²) in [6, 6.07) is 0. The monoisotopic (exact) mass is 303 g/mol. The van der Waals surface area contributed by atoms with Crippen LogP contribution in [0.4, 0.5) is 0 Å². The fourth-order valence-corrected chi connectivity index (χ4v) is 2.07. The Kier molecular flexibility index (Phi) is 4.14. The van der Waals surface area contributed by atoms with Crippen molar-refractivity contribution in [2.75, 3.05) is 32.8 Å². The molecule has 2 heterocycles. The van der Waals surface area contributed by atoms with Gasteiger partial charge in [0.25, 0.3) is 5.56 Å². The molecule has 94 valence electrons. The van der Waals surface area contributed by atoms with Gasteiger partial charge in [-0.2, -0.15) is 0 Å². The molecule has 0 atom stereocenters. The van der Waals surface area contributed by atoms with E-state index in [9.17, 15) is 9.59 Å². The van der Waals surface area contributed by atoms with Crippen molar-refractivity contribution in [3.63, 3.8) is 0 Å². The Morgan fingerprint density at radius 1 is 1.29 bits per heavy atom. The molecule has 1 aliphatic heterocycles. The molecule has 0 spiro atoms. The number of hydrogen-bond acceptors (Lipinski definition) is 4. The second-order valence-electron chi connectivity index (χ2n) is 3.88. The standard InChI is InChI=1S/C10H14BrN3O3/c11-8-7-14(10(16)12-9(8)15)2-1-13-3-5-17-6-4-13/h7H,1-6H2,(H,12,15,16). The first-order valence-corrected chi connectivity index (χ1v) is 6.25. The summed E-state index contributed by atoms with van der Waals surface area (Å²) in [6.07, 6.45) is 1.53. The Hall–Kier alpha value is -0.920. The summed E-state index contributed by atoms with van der Waals surface area (Å²) in [7, 11) is 0. The van der Waals surface area contributed by atoms with Crippen molar-refractivity contribution in [1.82, 2.24) is 14.5 Å². The summed E-state index contributed by atoms with van der Waals surface area (Å²) < 4.78 is 7.12. The summed E-state index contributed by atoms with van der Waals surface area (Å²) in [5, 5.41) is 0. The Balaban J connectivity index is 2.01. The van der Waals surface area contributed by atoms with Crippen LogP contribution < -0.4 is 11.2 Å². The van der Waals surface area contributed by atoms with Gasteiger partial charge in [0, 0.05) is 32.4 Å². The van der Waals surface area contributed by atoms with Gasteiger partial charge in [-0.05, 0) is 15.9 Å². The molecule has 1 aromatic heterocycles. The second kappa shape index (κ2) is 5.61. The van der Waals surface area contributed by atoms with Crippen molar-refractivity contribution < 1.29 is 4.74 Å². The van der Waals surface area contributed by atoms with E-state index < -0.39 is 5.56 Å². The van der Waals surface area contributed by atoms with Crippen LogP contribution in [0.3, 0.4) is 0 Å². The predicted molar refractivity (Wildman–Crippen MR) is 66.3 cm³/mol. The average molecular weight is 304 g/mol. The molecule has 0 unspecified atom stereocenters. The zero-order valence-corrected chi connectivity index (χ0v) is 10.9. The maximum Gasteiger partial charge on any atom is 0.328 e. The Bertz CT molecular complexity index is 490. The number of hydrogen-bond donors (Lipinski definition) is 1. The van der Waals surface area contributed by atoms with Gasteiger partial charge in [0.05, 0.1) is 17.7 Å². The lowest BCUT2D eigenvalue weighted by atomic mass is 10.4. The Labute approximate surface area is 106 Å². The third kappa shape index (κ3) is 3.27. The minimum atomic E-state index is -0.391. The summed E-state index contributed by atoms with van der Waals surface area (Å²) in [5.74, 6) is 0. The van der Waals surface area contributed by atoms with E-state index in [1.54, 1.807) is 0 Å². The quantitative estimate of drug-likeness (QED) is 0.827. The molecule has 1 fully saturated rings. The second-order valence-corrected chi connectivity index (χ2v) is 4.74. The summed E-state index contributed by atoms with van der Waals surface area (Å²) in [6.45, 7) is 4.60. The Morgan fingerprint density at radius 3 is 2.71 bits per heavy atom. The first-order valence-electron chi connectivity index (χ1n) is 5.46. The Morgan fingerprint density at radius 2 is 2.00 bits per heavy atom. The number of nitrogens with one attached hydrogen (secondary N) is 1. The molecule has 0 radical (unpaired) electrons. The highest BCUT2D eigenvalue weighted by molar-refractivity contribution is 9.10. The molecule has 1 aromatic rings. The first kappa shape index (κ1) is 12.5. The summed E-state index contributed by atoms with van der Waals surface area (Å²) in [5.41, 5.74) is -0.760. The van der Waals surface area contributed by atoms with E-state index >= 15 is 0 Å². The number of rotatable bonds is 3. The molecule has 0 bridgehead atoms. The van der Waals surface area contributed by atoms with Gasteiger partial charge in [-0.1, -0.05) is 0 Å². The van der Waals surface area contributed by atoms with Gasteiger partial charge in [-0.3, -0.25) is 19.2 Å². The van der Waals surface area contributed by atoms with Gasteiger partial charge >= 0.3 is 5.69 Å². The minimum Gasteiger partial charge on any atom is -0.379 e. The van der Waals surface area contributed by atoms with Crippen LogP contribution in [0.25, 0.3) is 0 Å². The third-order valence-corrected chi connectivity index (χ3v) is 3.29. The van der Waals surface area contributed by atoms with E-state index in [-0.39, 0.29) is 5.69 Å². The largest absolute Gasteiger partial charge is 0.379 e. The smallest absolute Gasteiger partial charge is 0.328 e. The van der Waals surface area contributed by atoms with Crippen LogP contribution in [0.5, 0.6) is 0 Å². The molecule has 1 aliphatic rings. The molecular weight excluding hydrogens is 290 g/mol. The van der Waals surface area contributed by atoms with Gasteiger partial charge in [0.2, 0.25) is 0 Å². The zero-order chi connectivity index (χ0) is 12.3. The van der Waals surface area contributed by atoms with Crippen molar-refractivity contribution in [2.45, 2.75) is 6.54 Å². The number of aromatic amines is 1. The van der Waals surface area contributed by atoms with Crippen LogP contribution >= 0.6 is 15.9 Å². The summed E-state index contributed by atoms with van der Waals surface area (Å²) >= 11 is 3.11. The molecule has 7 heteroatoms. The maximum atomic E-state index is 11.5.